The smallest absolute Gasteiger partial charge is 0.220 e. The van der Waals surface area contributed by atoms with Crippen LogP contribution < -0.4 is 5.73 Å². The van der Waals surface area contributed by atoms with Crippen LogP contribution in [-0.4, -0.2) is 5.91 Å². The highest BCUT2D eigenvalue weighted by Crippen LogP contribution is 2.46. The quantitative estimate of drug-likeness (QED) is 0.731. The molecule has 0 aliphatic heterocycles. The molecular weight excluding hydrogens is 198 g/mol. The summed E-state index contributed by atoms with van der Waals surface area (Å²) in [7, 11) is 0. The number of amides is 1. The summed E-state index contributed by atoms with van der Waals surface area (Å²) in [5.41, 5.74) is 5.78. The van der Waals surface area contributed by atoms with Gasteiger partial charge in [-0.1, -0.05) is 26.8 Å². The van der Waals surface area contributed by atoms with Gasteiger partial charge >= 0.3 is 0 Å². The van der Waals surface area contributed by atoms with Crippen molar-refractivity contribution in [1.29, 1.82) is 0 Å². The van der Waals surface area contributed by atoms with Crippen molar-refractivity contribution in [3.63, 3.8) is 0 Å². The van der Waals surface area contributed by atoms with Crippen molar-refractivity contribution in [3.8, 4) is 0 Å². The summed E-state index contributed by atoms with van der Waals surface area (Å²) >= 11 is 0. The molecule has 0 aromatic carbocycles. The van der Waals surface area contributed by atoms with E-state index in [1.165, 1.54) is 6.42 Å². The van der Waals surface area contributed by atoms with E-state index in [-0.39, 0.29) is 17.2 Å². The summed E-state index contributed by atoms with van der Waals surface area (Å²) in [5.74, 6) is 0.952. The van der Waals surface area contributed by atoms with Crippen LogP contribution in [0.15, 0.2) is 12.7 Å². The standard InChI is InChI=1S/C14H25NO/c1-5-7-14(4)8-6-11(10(2)3)12(9-14)13(15)16/h5,10-12H,1,6-9H2,2-4H3,(H2,15,16). The molecule has 1 rings (SSSR count). The zero-order valence-electron chi connectivity index (χ0n) is 10.8. The van der Waals surface area contributed by atoms with Crippen molar-refractivity contribution in [2.45, 2.75) is 46.5 Å². The number of hydrogen-bond donors (Lipinski definition) is 1. The van der Waals surface area contributed by atoms with E-state index >= 15 is 0 Å². The van der Waals surface area contributed by atoms with Crippen molar-refractivity contribution in [3.05, 3.63) is 12.7 Å². The lowest BCUT2D eigenvalue weighted by Gasteiger charge is -2.42. The maximum atomic E-state index is 11.6. The van der Waals surface area contributed by atoms with Crippen molar-refractivity contribution in [2.24, 2.45) is 28.9 Å². The Hall–Kier alpha value is -0.790. The molecule has 1 aliphatic carbocycles. The molecule has 1 saturated carbocycles. The van der Waals surface area contributed by atoms with E-state index in [9.17, 15) is 4.79 Å². The Morgan fingerprint density at radius 1 is 1.62 bits per heavy atom. The minimum Gasteiger partial charge on any atom is -0.369 e. The van der Waals surface area contributed by atoms with Crippen molar-refractivity contribution >= 4 is 5.91 Å². The number of primary amides is 1. The third kappa shape index (κ3) is 2.87. The second-order valence-corrected chi connectivity index (χ2v) is 5.96. The average molecular weight is 223 g/mol. The minimum atomic E-state index is -0.117. The molecule has 3 unspecified atom stereocenters. The van der Waals surface area contributed by atoms with E-state index in [4.69, 9.17) is 5.73 Å². The molecule has 0 spiro atoms. The van der Waals surface area contributed by atoms with Crippen LogP contribution in [0.5, 0.6) is 0 Å². The fraction of sp³-hybridized carbons (Fsp3) is 0.786. The predicted molar refractivity (Wildman–Crippen MR) is 67.8 cm³/mol. The summed E-state index contributed by atoms with van der Waals surface area (Å²) in [5, 5.41) is 0. The summed E-state index contributed by atoms with van der Waals surface area (Å²) in [4.78, 5) is 11.6. The van der Waals surface area contributed by atoms with Crippen molar-refractivity contribution < 1.29 is 4.79 Å². The Balaban J connectivity index is 2.79. The first kappa shape index (κ1) is 13.3. The summed E-state index contributed by atoms with van der Waals surface area (Å²) in [6, 6.07) is 0. The normalized spacial score (nSPS) is 35.0. The summed E-state index contributed by atoms with van der Waals surface area (Å²) < 4.78 is 0. The highest BCUT2D eigenvalue weighted by Gasteiger charge is 2.40. The molecule has 0 saturated heterocycles. The van der Waals surface area contributed by atoms with E-state index in [0.717, 1.165) is 19.3 Å². The second kappa shape index (κ2) is 5.03. The van der Waals surface area contributed by atoms with Gasteiger partial charge in [0.05, 0.1) is 0 Å². The summed E-state index contributed by atoms with van der Waals surface area (Å²) in [6.45, 7) is 10.4. The molecule has 92 valence electrons. The highest BCUT2D eigenvalue weighted by atomic mass is 16.1. The first-order valence-corrected chi connectivity index (χ1v) is 6.30. The predicted octanol–water partition coefficient (Wildman–Crippen LogP) is 3.13. The number of nitrogens with two attached hydrogens (primary N) is 1. The fourth-order valence-corrected chi connectivity index (χ4v) is 3.14. The molecule has 1 amide bonds. The zero-order valence-corrected chi connectivity index (χ0v) is 10.8. The highest BCUT2D eigenvalue weighted by molar-refractivity contribution is 5.77. The van der Waals surface area contributed by atoms with E-state index in [2.05, 4.69) is 27.4 Å². The topological polar surface area (TPSA) is 43.1 Å². The van der Waals surface area contributed by atoms with Crippen LogP contribution in [0.25, 0.3) is 0 Å². The lowest BCUT2D eigenvalue weighted by atomic mass is 9.62. The van der Waals surface area contributed by atoms with Gasteiger partial charge in [0.1, 0.15) is 0 Å². The molecule has 0 heterocycles. The van der Waals surface area contributed by atoms with Crippen LogP contribution in [0, 0.1) is 23.2 Å². The SMILES string of the molecule is C=CCC1(C)CCC(C(C)C)C(C(N)=O)C1. The molecule has 16 heavy (non-hydrogen) atoms. The third-order valence-corrected chi connectivity index (χ3v) is 4.17. The van der Waals surface area contributed by atoms with E-state index in [1.807, 2.05) is 6.08 Å². The van der Waals surface area contributed by atoms with Crippen molar-refractivity contribution in [1.82, 2.24) is 0 Å². The van der Waals surface area contributed by atoms with E-state index < -0.39 is 0 Å². The molecule has 0 radical (unpaired) electrons. The summed E-state index contributed by atoms with van der Waals surface area (Å²) in [6.07, 6.45) is 6.19. The molecule has 0 aromatic heterocycles. The molecular formula is C14H25NO. The Morgan fingerprint density at radius 2 is 2.25 bits per heavy atom. The van der Waals surface area contributed by atoms with Gasteiger partial charge in [0.15, 0.2) is 0 Å². The number of hydrogen-bond acceptors (Lipinski definition) is 1. The first-order valence-electron chi connectivity index (χ1n) is 6.30. The Labute approximate surface area is 99.3 Å². The van der Waals surface area contributed by atoms with Gasteiger partial charge < -0.3 is 5.73 Å². The van der Waals surface area contributed by atoms with Crippen LogP contribution in [0.3, 0.4) is 0 Å². The number of carbonyl (C=O) groups excluding carboxylic acids is 1. The molecule has 3 atom stereocenters. The van der Waals surface area contributed by atoms with Crippen LogP contribution in [0.2, 0.25) is 0 Å². The molecule has 0 aromatic rings. The van der Waals surface area contributed by atoms with E-state index in [0.29, 0.717) is 11.8 Å². The van der Waals surface area contributed by atoms with Gasteiger partial charge in [-0.15, -0.1) is 6.58 Å². The maximum Gasteiger partial charge on any atom is 0.220 e. The fourth-order valence-electron chi connectivity index (χ4n) is 3.14. The van der Waals surface area contributed by atoms with Crippen molar-refractivity contribution in [2.75, 3.05) is 0 Å². The number of carbonyl (C=O) groups is 1. The Kier molecular flexibility index (Phi) is 4.17. The lowest BCUT2D eigenvalue weighted by molar-refractivity contribution is -0.127. The maximum absolute atomic E-state index is 11.6. The number of allylic oxidation sites excluding steroid dienone is 1. The molecule has 2 N–H and O–H groups in total. The molecule has 1 aliphatic rings. The third-order valence-electron chi connectivity index (χ3n) is 4.17. The van der Waals surface area contributed by atoms with Gasteiger partial charge in [-0.2, -0.15) is 0 Å². The Bertz CT molecular complexity index is 272. The van der Waals surface area contributed by atoms with Gasteiger partial charge in [0, 0.05) is 5.92 Å². The molecule has 0 bridgehead atoms. The van der Waals surface area contributed by atoms with Crippen LogP contribution in [0.1, 0.15) is 46.5 Å². The van der Waals surface area contributed by atoms with Crippen LogP contribution in [0.4, 0.5) is 0 Å². The van der Waals surface area contributed by atoms with Gasteiger partial charge in [-0.3, -0.25) is 4.79 Å². The van der Waals surface area contributed by atoms with Gasteiger partial charge in [0.2, 0.25) is 5.91 Å². The van der Waals surface area contributed by atoms with Gasteiger partial charge in [-0.25, -0.2) is 0 Å². The largest absolute Gasteiger partial charge is 0.369 e. The first-order chi connectivity index (χ1) is 7.39. The van der Waals surface area contributed by atoms with Crippen LogP contribution in [-0.2, 0) is 4.79 Å². The lowest BCUT2D eigenvalue weighted by Crippen LogP contribution is -2.41. The molecule has 1 fully saturated rings. The van der Waals surface area contributed by atoms with Crippen LogP contribution >= 0.6 is 0 Å². The van der Waals surface area contributed by atoms with Gasteiger partial charge in [0.25, 0.3) is 0 Å². The molecule has 2 nitrogen and oxygen atoms in total. The average Bonchev–Trinajstić information content (AvgIpc) is 2.16. The molecule has 2 heteroatoms. The number of rotatable bonds is 4. The Morgan fingerprint density at radius 3 is 2.69 bits per heavy atom. The zero-order chi connectivity index (χ0) is 12.3. The van der Waals surface area contributed by atoms with Gasteiger partial charge in [-0.05, 0) is 42.9 Å². The second-order valence-electron chi connectivity index (χ2n) is 5.96. The minimum absolute atomic E-state index is 0.0544. The van der Waals surface area contributed by atoms with E-state index in [1.54, 1.807) is 0 Å². The monoisotopic (exact) mass is 223 g/mol.